The number of aryl methyl sites for hydroxylation is 2. The molecular formula is C8H11BrN2. The van der Waals surface area contributed by atoms with Gasteiger partial charge in [0.1, 0.15) is 10.4 Å². The van der Waals surface area contributed by atoms with Gasteiger partial charge in [-0.15, -0.1) is 0 Å². The minimum atomic E-state index is 0.883. The van der Waals surface area contributed by atoms with Crippen molar-refractivity contribution in [2.45, 2.75) is 26.7 Å². The quantitative estimate of drug-likeness (QED) is 0.708. The predicted octanol–water partition coefficient (Wildman–Crippen LogP) is 2.50. The van der Waals surface area contributed by atoms with Crippen molar-refractivity contribution < 1.29 is 0 Å². The average Bonchev–Trinajstić information content (AvgIpc) is 1.85. The molecule has 11 heavy (non-hydrogen) atoms. The third-order valence-electron chi connectivity index (χ3n) is 1.34. The first kappa shape index (κ1) is 8.65. The minimum Gasteiger partial charge on any atom is -0.238 e. The van der Waals surface area contributed by atoms with Gasteiger partial charge in [0.25, 0.3) is 0 Å². The highest BCUT2D eigenvalue weighted by molar-refractivity contribution is 9.10. The van der Waals surface area contributed by atoms with E-state index in [9.17, 15) is 0 Å². The average molecular weight is 215 g/mol. The summed E-state index contributed by atoms with van der Waals surface area (Å²) in [6.45, 7) is 4.10. The van der Waals surface area contributed by atoms with Crippen molar-refractivity contribution in [2.75, 3.05) is 0 Å². The molecule has 0 spiro atoms. The molecule has 1 rings (SSSR count). The van der Waals surface area contributed by atoms with E-state index in [4.69, 9.17) is 0 Å². The molecule has 0 bridgehead atoms. The Morgan fingerprint density at radius 3 is 2.73 bits per heavy atom. The van der Waals surface area contributed by atoms with Gasteiger partial charge in [-0.05, 0) is 35.3 Å². The Labute approximate surface area is 75.2 Å². The summed E-state index contributed by atoms with van der Waals surface area (Å²) in [5.41, 5.74) is 1.02. The van der Waals surface area contributed by atoms with Crippen LogP contribution in [0.3, 0.4) is 0 Å². The molecule has 0 aromatic carbocycles. The van der Waals surface area contributed by atoms with E-state index in [0.717, 1.165) is 29.0 Å². The van der Waals surface area contributed by atoms with E-state index in [2.05, 4.69) is 32.8 Å². The molecule has 2 nitrogen and oxygen atoms in total. The lowest BCUT2D eigenvalue weighted by atomic mass is 10.3. The van der Waals surface area contributed by atoms with Crippen LogP contribution in [0, 0.1) is 6.92 Å². The number of hydrogen-bond acceptors (Lipinski definition) is 2. The topological polar surface area (TPSA) is 25.8 Å². The second-order valence-electron chi connectivity index (χ2n) is 2.50. The second-order valence-corrected chi connectivity index (χ2v) is 3.31. The summed E-state index contributed by atoms with van der Waals surface area (Å²) in [7, 11) is 0. The fraction of sp³-hybridized carbons (Fsp3) is 0.500. The highest BCUT2D eigenvalue weighted by Crippen LogP contribution is 2.08. The van der Waals surface area contributed by atoms with Crippen LogP contribution < -0.4 is 0 Å². The first-order chi connectivity index (χ1) is 5.22. The SMILES string of the molecule is CCCc1nc(C)cc(Br)n1. The molecule has 0 aliphatic heterocycles. The smallest absolute Gasteiger partial charge is 0.129 e. The number of halogens is 1. The molecule has 0 saturated carbocycles. The Bertz CT molecular complexity index is 228. The number of aromatic nitrogens is 2. The van der Waals surface area contributed by atoms with Crippen LogP contribution in [0.2, 0.25) is 0 Å². The van der Waals surface area contributed by atoms with Crippen LogP contribution in [0.4, 0.5) is 0 Å². The number of hydrogen-bond donors (Lipinski definition) is 0. The van der Waals surface area contributed by atoms with Gasteiger partial charge in [-0.2, -0.15) is 0 Å². The maximum absolute atomic E-state index is 4.28. The minimum absolute atomic E-state index is 0.883. The molecule has 0 saturated heterocycles. The van der Waals surface area contributed by atoms with Crippen LogP contribution in [0.1, 0.15) is 24.9 Å². The molecule has 0 aliphatic rings. The summed E-state index contributed by atoms with van der Waals surface area (Å²) in [5, 5.41) is 0. The highest BCUT2D eigenvalue weighted by Gasteiger charge is 1.97. The van der Waals surface area contributed by atoms with Crippen LogP contribution in [0.15, 0.2) is 10.7 Å². The van der Waals surface area contributed by atoms with E-state index in [1.807, 2.05) is 13.0 Å². The molecule has 0 fully saturated rings. The molecule has 1 aromatic rings. The molecule has 0 radical (unpaired) electrons. The Morgan fingerprint density at radius 1 is 1.45 bits per heavy atom. The fourth-order valence-corrected chi connectivity index (χ4v) is 1.46. The van der Waals surface area contributed by atoms with Gasteiger partial charge in [-0.25, -0.2) is 9.97 Å². The molecule has 0 amide bonds. The van der Waals surface area contributed by atoms with Gasteiger partial charge >= 0.3 is 0 Å². The highest BCUT2D eigenvalue weighted by atomic mass is 79.9. The van der Waals surface area contributed by atoms with Gasteiger partial charge in [-0.3, -0.25) is 0 Å². The summed E-state index contributed by atoms with van der Waals surface area (Å²) in [6, 6.07) is 1.92. The maximum atomic E-state index is 4.28. The zero-order valence-corrected chi connectivity index (χ0v) is 8.35. The van der Waals surface area contributed by atoms with Crippen LogP contribution in [-0.2, 0) is 6.42 Å². The van der Waals surface area contributed by atoms with E-state index in [1.165, 1.54) is 0 Å². The van der Waals surface area contributed by atoms with Crippen molar-refractivity contribution in [3.63, 3.8) is 0 Å². The molecule has 1 aromatic heterocycles. The van der Waals surface area contributed by atoms with Crippen molar-refractivity contribution in [2.24, 2.45) is 0 Å². The third-order valence-corrected chi connectivity index (χ3v) is 1.75. The maximum Gasteiger partial charge on any atom is 0.129 e. The Balaban J connectivity index is 2.89. The van der Waals surface area contributed by atoms with E-state index in [0.29, 0.717) is 0 Å². The molecule has 0 N–H and O–H groups in total. The fourth-order valence-electron chi connectivity index (χ4n) is 0.924. The van der Waals surface area contributed by atoms with Gasteiger partial charge in [0, 0.05) is 12.1 Å². The molecule has 1 heterocycles. The summed E-state index contributed by atoms with van der Waals surface area (Å²) in [5.74, 6) is 0.930. The van der Waals surface area contributed by atoms with Crippen molar-refractivity contribution >= 4 is 15.9 Å². The Kier molecular flexibility index (Phi) is 3.00. The molecule has 3 heteroatoms. The van der Waals surface area contributed by atoms with E-state index >= 15 is 0 Å². The van der Waals surface area contributed by atoms with E-state index in [-0.39, 0.29) is 0 Å². The van der Waals surface area contributed by atoms with E-state index < -0.39 is 0 Å². The van der Waals surface area contributed by atoms with Gasteiger partial charge in [0.2, 0.25) is 0 Å². The number of nitrogens with zero attached hydrogens (tertiary/aromatic N) is 2. The predicted molar refractivity (Wildman–Crippen MR) is 48.5 cm³/mol. The van der Waals surface area contributed by atoms with Gasteiger partial charge in [0.05, 0.1) is 0 Å². The van der Waals surface area contributed by atoms with Gasteiger partial charge in [-0.1, -0.05) is 6.92 Å². The summed E-state index contributed by atoms with van der Waals surface area (Å²) >= 11 is 3.33. The van der Waals surface area contributed by atoms with Crippen LogP contribution in [0.5, 0.6) is 0 Å². The molecule has 60 valence electrons. The standard InChI is InChI=1S/C8H11BrN2/c1-3-4-8-10-6(2)5-7(9)11-8/h5H,3-4H2,1-2H3. The van der Waals surface area contributed by atoms with Crippen LogP contribution in [-0.4, -0.2) is 9.97 Å². The summed E-state index contributed by atoms with van der Waals surface area (Å²) in [4.78, 5) is 8.51. The lowest BCUT2D eigenvalue weighted by Crippen LogP contribution is -1.96. The van der Waals surface area contributed by atoms with Crippen molar-refractivity contribution in [1.82, 2.24) is 9.97 Å². The van der Waals surface area contributed by atoms with E-state index in [1.54, 1.807) is 0 Å². The first-order valence-electron chi connectivity index (χ1n) is 3.72. The van der Waals surface area contributed by atoms with Crippen LogP contribution >= 0.6 is 15.9 Å². The van der Waals surface area contributed by atoms with Crippen molar-refractivity contribution in [3.8, 4) is 0 Å². The monoisotopic (exact) mass is 214 g/mol. The second kappa shape index (κ2) is 3.81. The number of rotatable bonds is 2. The van der Waals surface area contributed by atoms with Crippen molar-refractivity contribution in [1.29, 1.82) is 0 Å². The largest absolute Gasteiger partial charge is 0.238 e. The van der Waals surface area contributed by atoms with Gasteiger partial charge < -0.3 is 0 Å². The molecule has 0 unspecified atom stereocenters. The lowest BCUT2D eigenvalue weighted by molar-refractivity contribution is 0.819. The molecule has 0 atom stereocenters. The summed E-state index contributed by atoms with van der Waals surface area (Å²) < 4.78 is 0.883. The molecule has 0 aliphatic carbocycles. The van der Waals surface area contributed by atoms with Crippen LogP contribution in [0.25, 0.3) is 0 Å². The third kappa shape index (κ3) is 2.58. The Hall–Kier alpha value is -0.440. The molecular weight excluding hydrogens is 204 g/mol. The zero-order chi connectivity index (χ0) is 8.27. The van der Waals surface area contributed by atoms with Crippen molar-refractivity contribution in [3.05, 3.63) is 22.2 Å². The normalized spacial score (nSPS) is 10.1. The lowest BCUT2D eigenvalue weighted by Gasteiger charge is -1.99. The zero-order valence-electron chi connectivity index (χ0n) is 6.76. The Morgan fingerprint density at radius 2 is 2.18 bits per heavy atom. The van der Waals surface area contributed by atoms with Gasteiger partial charge in [0.15, 0.2) is 0 Å². The summed E-state index contributed by atoms with van der Waals surface area (Å²) in [6.07, 6.45) is 2.05. The first-order valence-corrected chi connectivity index (χ1v) is 4.51.